The van der Waals surface area contributed by atoms with E-state index in [-0.39, 0.29) is 17.0 Å². The maximum atomic E-state index is 13.4. The summed E-state index contributed by atoms with van der Waals surface area (Å²) in [5.74, 6) is -0.359. The fourth-order valence-corrected chi connectivity index (χ4v) is 5.34. The van der Waals surface area contributed by atoms with Crippen molar-refractivity contribution in [3.8, 4) is 0 Å². The summed E-state index contributed by atoms with van der Waals surface area (Å²) in [6.45, 7) is 2.63. The van der Waals surface area contributed by atoms with Gasteiger partial charge in [0.1, 0.15) is 0 Å². The molecule has 0 N–H and O–H groups in total. The van der Waals surface area contributed by atoms with Gasteiger partial charge < -0.3 is 4.74 Å². The van der Waals surface area contributed by atoms with Gasteiger partial charge in [-0.1, -0.05) is 31.4 Å². The molecular weight excluding hydrogens is 351 g/mol. The van der Waals surface area contributed by atoms with Crippen molar-refractivity contribution in [3.63, 3.8) is 0 Å². The van der Waals surface area contributed by atoms with Gasteiger partial charge in [0.2, 0.25) is 5.95 Å². The lowest BCUT2D eigenvalue weighted by atomic mass is 9.67. The number of ether oxygens (including phenoxy) is 1. The van der Waals surface area contributed by atoms with Gasteiger partial charge in [0.05, 0.1) is 5.60 Å². The zero-order chi connectivity index (χ0) is 19.5. The molecule has 1 saturated carbocycles. The Morgan fingerprint density at radius 3 is 2.71 bits per heavy atom. The van der Waals surface area contributed by atoms with Crippen molar-refractivity contribution in [2.24, 2.45) is 0 Å². The second-order valence-corrected chi connectivity index (χ2v) is 8.82. The van der Waals surface area contributed by atoms with E-state index in [4.69, 9.17) is 9.72 Å². The van der Waals surface area contributed by atoms with Crippen LogP contribution >= 0.6 is 0 Å². The van der Waals surface area contributed by atoms with E-state index in [1.165, 1.54) is 31.4 Å². The van der Waals surface area contributed by atoms with E-state index in [1.54, 1.807) is 13.1 Å². The summed E-state index contributed by atoms with van der Waals surface area (Å²) in [5.41, 5.74) is 3.21. The van der Waals surface area contributed by atoms with Gasteiger partial charge in [0.25, 0.3) is 0 Å². The van der Waals surface area contributed by atoms with Gasteiger partial charge >= 0.3 is 0 Å². The number of nitrogens with zero attached hydrogens (tertiary/aromatic N) is 2. The molecule has 3 nitrogen and oxygen atoms in total. The molecule has 2 aromatic heterocycles. The number of rotatable bonds is 6. The summed E-state index contributed by atoms with van der Waals surface area (Å²) < 4.78 is 19.7. The van der Waals surface area contributed by atoms with Gasteiger partial charge in [-0.3, -0.25) is 4.98 Å². The third-order valence-corrected chi connectivity index (χ3v) is 6.81. The first-order valence-electron chi connectivity index (χ1n) is 10.8. The van der Waals surface area contributed by atoms with Crippen LogP contribution in [0, 0.1) is 12.9 Å². The SMILES string of the molecule is Cc1cc(CCCCC2(c3ccccn3)CCOC3(CCCC3)C2)cnc1F. The zero-order valence-corrected chi connectivity index (χ0v) is 16.9. The molecule has 1 unspecified atom stereocenters. The highest BCUT2D eigenvalue weighted by Crippen LogP contribution is 2.50. The molecule has 2 aliphatic rings. The van der Waals surface area contributed by atoms with E-state index >= 15 is 0 Å². The molecular formula is C24H31FN2O. The summed E-state index contributed by atoms with van der Waals surface area (Å²) in [5, 5.41) is 0. The molecule has 2 aromatic rings. The molecule has 1 spiro atoms. The Hall–Kier alpha value is -1.81. The summed E-state index contributed by atoms with van der Waals surface area (Å²) in [6.07, 6.45) is 15.1. The lowest BCUT2D eigenvalue weighted by molar-refractivity contribution is -0.104. The number of halogens is 1. The van der Waals surface area contributed by atoms with Crippen molar-refractivity contribution in [3.05, 3.63) is 59.4 Å². The Labute approximate surface area is 167 Å². The predicted octanol–water partition coefficient (Wildman–Crippen LogP) is 5.70. The third kappa shape index (κ3) is 4.12. The van der Waals surface area contributed by atoms with Crippen LogP contribution in [-0.4, -0.2) is 22.2 Å². The lowest BCUT2D eigenvalue weighted by Gasteiger charge is -2.46. The van der Waals surface area contributed by atoms with Gasteiger partial charge in [-0.15, -0.1) is 0 Å². The first-order valence-corrected chi connectivity index (χ1v) is 10.8. The van der Waals surface area contributed by atoms with Crippen LogP contribution in [0.4, 0.5) is 4.39 Å². The fraction of sp³-hybridized carbons (Fsp3) is 0.583. The molecule has 1 aliphatic heterocycles. The molecule has 4 rings (SSSR count). The summed E-state index contributed by atoms with van der Waals surface area (Å²) in [4.78, 5) is 8.64. The monoisotopic (exact) mass is 382 g/mol. The van der Waals surface area contributed by atoms with Crippen LogP contribution in [0.2, 0.25) is 0 Å². The Balaban J connectivity index is 1.45. The van der Waals surface area contributed by atoms with Gasteiger partial charge in [-0.05, 0) is 69.6 Å². The van der Waals surface area contributed by atoms with Gasteiger partial charge in [0.15, 0.2) is 0 Å². The zero-order valence-electron chi connectivity index (χ0n) is 16.9. The van der Waals surface area contributed by atoms with E-state index in [2.05, 4.69) is 17.1 Å². The Morgan fingerprint density at radius 1 is 1.11 bits per heavy atom. The highest BCUT2D eigenvalue weighted by Gasteiger charge is 2.48. The van der Waals surface area contributed by atoms with Crippen LogP contribution in [-0.2, 0) is 16.6 Å². The molecule has 0 aromatic carbocycles. The normalized spacial score (nSPS) is 23.9. The van der Waals surface area contributed by atoms with Crippen molar-refractivity contribution in [1.29, 1.82) is 0 Å². The van der Waals surface area contributed by atoms with Crippen LogP contribution in [0.5, 0.6) is 0 Å². The molecule has 1 atom stereocenters. The van der Waals surface area contributed by atoms with Crippen molar-refractivity contribution in [2.45, 2.75) is 82.1 Å². The van der Waals surface area contributed by atoms with E-state index < -0.39 is 0 Å². The smallest absolute Gasteiger partial charge is 0.215 e. The van der Waals surface area contributed by atoms with E-state index in [0.29, 0.717) is 5.56 Å². The maximum absolute atomic E-state index is 13.4. The first-order chi connectivity index (χ1) is 13.6. The molecule has 1 saturated heterocycles. The van der Waals surface area contributed by atoms with Crippen molar-refractivity contribution in [1.82, 2.24) is 9.97 Å². The van der Waals surface area contributed by atoms with Gasteiger partial charge in [-0.25, -0.2) is 4.98 Å². The topological polar surface area (TPSA) is 35.0 Å². The molecule has 28 heavy (non-hydrogen) atoms. The molecule has 1 aliphatic carbocycles. The van der Waals surface area contributed by atoms with Crippen molar-refractivity contribution < 1.29 is 9.13 Å². The number of unbranched alkanes of at least 4 members (excludes halogenated alkanes) is 1. The number of pyridine rings is 2. The standard InChI is InChI=1S/C24H31FN2O/c1-19-16-20(17-27-22(19)25)8-2-4-10-23(21-9-3-7-14-26-21)13-15-28-24(18-23)11-5-6-12-24/h3,7,9,14,16-17H,2,4-6,8,10-13,15,18H2,1H3. The van der Waals surface area contributed by atoms with Crippen molar-refractivity contribution in [2.75, 3.05) is 6.61 Å². The van der Waals surface area contributed by atoms with Crippen molar-refractivity contribution >= 4 is 0 Å². The Bertz CT molecular complexity index is 788. The highest BCUT2D eigenvalue weighted by atomic mass is 19.1. The van der Waals surface area contributed by atoms with Crippen LogP contribution in [0.15, 0.2) is 36.7 Å². The fourth-order valence-electron chi connectivity index (χ4n) is 5.34. The number of aryl methyl sites for hydroxylation is 2. The largest absolute Gasteiger partial charge is 0.375 e. The average Bonchev–Trinajstić information content (AvgIpc) is 3.16. The number of aromatic nitrogens is 2. The second kappa shape index (κ2) is 8.28. The van der Waals surface area contributed by atoms with Crippen LogP contribution in [0.3, 0.4) is 0 Å². The molecule has 150 valence electrons. The molecule has 0 amide bonds. The maximum Gasteiger partial charge on any atom is 0.215 e. The lowest BCUT2D eigenvalue weighted by Crippen LogP contribution is -2.46. The van der Waals surface area contributed by atoms with E-state index in [9.17, 15) is 4.39 Å². The molecule has 2 fully saturated rings. The molecule has 0 bridgehead atoms. The minimum atomic E-state index is -0.359. The summed E-state index contributed by atoms with van der Waals surface area (Å²) in [7, 11) is 0. The number of hydrogen-bond acceptors (Lipinski definition) is 3. The third-order valence-electron chi connectivity index (χ3n) is 6.81. The minimum absolute atomic E-state index is 0.0771. The Kier molecular flexibility index (Phi) is 5.77. The van der Waals surface area contributed by atoms with Crippen LogP contribution < -0.4 is 0 Å². The minimum Gasteiger partial charge on any atom is -0.375 e. The van der Waals surface area contributed by atoms with Crippen LogP contribution in [0.25, 0.3) is 0 Å². The number of hydrogen-bond donors (Lipinski definition) is 0. The first kappa shape index (κ1) is 19.5. The summed E-state index contributed by atoms with van der Waals surface area (Å²) in [6, 6.07) is 8.26. The predicted molar refractivity (Wildman–Crippen MR) is 109 cm³/mol. The van der Waals surface area contributed by atoms with Gasteiger partial charge in [-0.2, -0.15) is 4.39 Å². The van der Waals surface area contributed by atoms with Crippen LogP contribution in [0.1, 0.15) is 74.6 Å². The highest BCUT2D eigenvalue weighted by molar-refractivity contribution is 5.21. The second-order valence-electron chi connectivity index (χ2n) is 8.82. The van der Waals surface area contributed by atoms with E-state index in [1.807, 2.05) is 18.3 Å². The molecule has 4 heteroatoms. The van der Waals surface area contributed by atoms with Gasteiger partial charge in [0, 0.05) is 35.7 Å². The van der Waals surface area contributed by atoms with E-state index in [0.717, 1.165) is 50.7 Å². The average molecular weight is 383 g/mol. The molecule has 0 radical (unpaired) electrons. The Morgan fingerprint density at radius 2 is 1.96 bits per heavy atom. The summed E-state index contributed by atoms with van der Waals surface area (Å²) >= 11 is 0. The quantitative estimate of drug-likeness (QED) is 0.475. The molecule has 3 heterocycles.